The number of pyridine rings is 2. The third-order valence-electron chi connectivity index (χ3n) is 5.67. The number of nitrogens with two attached hydrogens (primary N) is 1. The van der Waals surface area contributed by atoms with Gasteiger partial charge in [-0.1, -0.05) is 0 Å². The summed E-state index contributed by atoms with van der Waals surface area (Å²) in [5.41, 5.74) is 5.31. The summed E-state index contributed by atoms with van der Waals surface area (Å²) < 4.78 is 14.7. The molecule has 0 bridgehead atoms. The van der Waals surface area contributed by atoms with Gasteiger partial charge in [0.1, 0.15) is 5.82 Å². The zero-order valence-corrected chi connectivity index (χ0v) is 18.3. The number of alkyl halides is 1. The van der Waals surface area contributed by atoms with E-state index in [2.05, 4.69) is 20.6 Å². The average molecular weight is 465 g/mol. The van der Waals surface area contributed by atoms with E-state index in [1.807, 2.05) is 12.1 Å². The molecule has 4 rings (SSSR count). The van der Waals surface area contributed by atoms with Crippen LogP contribution >= 0.6 is 0 Å². The number of rotatable bonds is 8. The summed E-state index contributed by atoms with van der Waals surface area (Å²) in [7, 11) is 0. The zero-order chi connectivity index (χ0) is 24.1. The van der Waals surface area contributed by atoms with Crippen LogP contribution in [-0.4, -0.2) is 39.6 Å². The molecule has 3 aromatic rings. The minimum Gasteiger partial charge on any atom is -0.368 e. The summed E-state index contributed by atoms with van der Waals surface area (Å²) >= 11 is 0. The van der Waals surface area contributed by atoms with E-state index in [0.29, 0.717) is 31.0 Å². The maximum Gasteiger partial charge on any atom is 0.311 e. The van der Waals surface area contributed by atoms with Gasteiger partial charge in [0.2, 0.25) is 11.5 Å². The molecule has 0 aliphatic carbocycles. The number of hydrogen-bond donors (Lipinski definition) is 3. The summed E-state index contributed by atoms with van der Waals surface area (Å²) in [5, 5.41) is 17.6. The molecule has 0 spiro atoms. The Morgan fingerprint density at radius 3 is 2.59 bits per heavy atom. The van der Waals surface area contributed by atoms with Gasteiger partial charge in [0.25, 0.3) is 5.91 Å². The molecular weight excluding hydrogens is 441 g/mol. The lowest BCUT2D eigenvalue weighted by atomic mass is 9.93. The molecule has 1 unspecified atom stereocenters. The van der Waals surface area contributed by atoms with Crippen LogP contribution in [-0.2, 0) is 11.3 Å². The molecule has 11 heteroatoms. The highest BCUT2D eigenvalue weighted by Crippen LogP contribution is 2.31. The Morgan fingerprint density at radius 1 is 1.18 bits per heavy atom. The number of carbonyl (C=O) groups excluding carboxylic acids is 1. The number of anilines is 4. The number of halogens is 1. The van der Waals surface area contributed by atoms with Crippen LogP contribution in [0.4, 0.5) is 33.1 Å². The second-order valence-corrected chi connectivity index (χ2v) is 8.06. The first-order chi connectivity index (χ1) is 16.3. The number of amides is 1. The first-order valence-electron chi connectivity index (χ1n) is 10.7. The smallest absolute Gasteiger partial charge is 0.311 e. The molecule has 2 aromatic heterocycles. The standard InChI is InChI=1S/C23H24FN7O3/c24-23(22(25)32)10-1-13-30(15-23)18-4-2-17(3-5-18)28-21-19(31(33)34)6-7-20(29-21)27-14-16-8-11-26-12-9-16/h2-9,11-12H,1,10,13-15H2,(H2,25,32)(H2,27,28,29). The molecule has 0 saturated carbocycles. The number of nitrogens with zero attached hydrogens (tertiary/aromatic N) is 4. The highest BCUT2D eigenvalue weighted by Gasteiger charge is 2.41. The Labute approximate surface area is 195 Å². The van der Waals surface area contributed by atoms with Crippen molar-refractivity contribution in [3.8, 4) is 0 Å². The lowest BCUT2D eigenvalue weighted by molar-refractivity contribution is -0.384. The molecule has 1 atom stereocenters. The molecule has 1 aliphatic heterocycles. The predicted octanol–water partition coefficient (Wildman–Crippen LogP) is 3.53. The monoisotopic (exact) mass is 465 g/mol. The van der Waals surface area contributed by atoms with E-state index in [4.69, 9.17) is 5.73 Å². The fourth-order valence-corrected chi connectivity index (χ4v) is 3.81. The summed E-state index contributed by atoms with van der Waals surface area (Å²) in [5.74, 6) is -0.390. The first kappa shape index (κ1) is 22.9. The Balaban J connectivity index is 1.49. The van der Waals surface area contributed by atoms with Crippen molar-refractivity contribution in [1.29, 1.82) is 0 Å². The highest BCUT2D eigenvalue weighted by atomic mass is 19.1. The maximum absolute atomic E-state index is 14.7. The van der Waals surface area contributed by atoms with Crippen molar-refractivity contribution >= 4 is 34.6 Å². The van der Waals surface area contributed by atoms with Crippen molar-refractivity contribution in [1.82, 2.24) is 9.97 Å². The van der Waals surface area contributed by atoms with Gasteiger partial charge in [0.05, 0.1) is 11.5 Å². The lowest BCUT2D eigenvalue weighted by Gasteiger charge is -2.36. The molecule has 4 N–H and O–H groups in total. The third-order valence-corrected chi connectivity index (χ3v) is 5.67. The minimum absolute atomic E-state index is 0.0898. The zero-order valence-electron chi connectivity index (χ0n) is 18.3. The fourth-order valence-electron chi connectivity index (χ4n) is 3.81. The van der Waals surface area contributed by atoms with Gasteiger partial charge >= 0.3 is 5.69 Å². The Hall–Kier alpha value is -4.28. The molecule has 10 nitrogen and oxygen atoms in total. The second kappa shape index (κ2) is 9.69. The van der Waals surface area contributed by atoms with Gasteiger partial charge in [-0.05, 0) is 60.9 Å². The van der Waals surface area contributed by atoms with Gasteiger partial charge in [0, 0.05) is 42.9 Å². The SMILES string of the molecule is NC(=O)C1(F)CCCN(c2ccc(Nc3nc(NCc4ccncc4)ccc3[N+](=O)[O-])cc2)C1. The number of nitrogens with one attached hydrogen (secondary N) is 2. The number of benzene rings is 1. The van der Waals surface area contributed by atoms with Gasteiger partial charge in [-0.2, -0.15) is 0 Å². The van der Waals surface area contributed by atoms with E-state index in [-0.39, 0.29) is 24.5 Å². The molecule has 1 amide bonds. The molecule has 3 heterocycles. The summed E-state index contributed by atoms with van der Waals surface area (Å²) in [6.45, 7) is 0.982. The molecule has 0 radical (unpaired) electrons. The fraction of sp³-hybridized carbons (Fsp3) is 0.261. The molecular formula is C23H24FN7O3. The largest absolute Gasteiger partial charge is 0.368 e. The van der Waals surface area contributed by atoms with E-state index in [1.54, 1.807) is 47.6 Å². The number of carbonyl (C=O) groups is 1. The average Bonchev–Trinajstić information content (AvgIpc) is 2.84. The maximum atomic E-state index is 14.7. The Bertz CT molecular complexity index is 1180. The predicted molar refractivity (Wildman–Crippen MR) is 127 cm³/mol. The van der Waals surface area contributed by atoms with Gasteiger partial charge in [-0.25, -0.2) is 9.37 Å². The van der Waals surface area contributed by atoms with Crippen molar-refractivity contribution < 1.29 is 14.1 Å². The molecule has 1 aliphatic rings. The van der Waals surface area contributed by atoms with E-state index >= 15 is 0 Å². The molecule has 34 heavy (non-hydrogen) atoms. The van der Waals surface area contributed by atoms with Crippen molar-refractivity contribution in [2.24, 2.45) is 5.73 Å². The van der Waals surface area contributed by atoms with Crippen molar-refractivity contribution in [2.45, 2.75) is 25.1 Å². The first-order valence-corrected chi connectivity index (χ1v) is 10.7. The van der Waals surface area contributed by atoms with Gasteiger partial charge in [0.15, 0.2) is 0 Å². The van der Waals surface area contributed by atoms with Crippen LogP contribution in [0.25, 0.3) is 0 Å². The minimum atomic E-state index is -2.05. The van der Waals surface area contributed by atoms with Crippen LogP contribution in [0.3, 0.4) is 0 Å². The highest BCUT2D eigenvalue weighted by molar-refractivity contribution is 5.84. The van der Waals surface area contributed by atoms with Crippen LogP contribution < -0.4 is 21.3 Å². The normalized spacial score (nSPS) is 17.7. The van der Waals surface area contributed by atoms with Crippen LogP contribution in [0.2, 0.25) is 0 Å². The van der Waals surface area contributed by atoms with Gasteiger partial charge in [-0.3, -0.25) is 19.9 Å². The number of primary amides is 1. The van der Waals surface area contributed by atoms with Crippen molar-refractivity contribution in [3.63, 3.8) is 0 Å². The van der Waals surface area contributed by atoms with Gasteiger partial charge in [-0.15, -0.1) is 0 Å². The molecule has 176 valence electrons. The van der Waals surface area contributed by atoms with Gasteiger partial charge < -0.3 is 21.3 Å². The second-order valence-electron chi connectivity index (χ2n) is 8.06. The summed E-state index contributed by atoms with van der Waals surface area (Å²) in [6.07, 6.45) is 3.98. The Morgan fingerprint density at radius 2 is 1.91 bits per heavy atom. The van der Waals surface area contributed by atoms with E-state index in [1.165, 1.54) is 6.07 Å². The van der Waals surface area contributed by atoms with E-state index in [0.717, 1.165) is 11.3 Å². The van der Waals surface area contributed by atoms with Crippen LogP contribution in [0.15, 0.2) is 60.9 Å². The number of aromatic nitrogens is 2. The molecule has 1 aromatic carbocycles. The van der Waals surface area contributed by atoms with Crippen LogP contribution in [0.5, 0.6) is 0 Å². The Kier molecular flexibility index (Phi) is 6.53. The third kappa shape index (κ3) is 5.20. The summed E-state index contributed by atoms with van der Waals surface area (Å²) in [6, 6.07) is 13.6. The molecule has 1 fully saturated rings. The van der Waals surface area contributed by atoms with E-state index in [9.17, 15) is 19.3 Å². The number of hydrogen-bond acceptors (Lipinski definition) is 8. The molecule has 1 saturated heterocycles. The quantitative estimate of drug-likeness (QED) is 0.339. The topological polar surface area (TPSA) is 139 Å². The van der Waals surface area contributed by atoms with E-state index < -0.39 is 16.5 Å². The van der Waals surface area contributed by atoms with Crippen LogP contribution in [0, 0.1) is 10.1 Å². The van der Waals surface area contributed by atoms with Crippen LogP contribution in [0.1, 0.15) is 18.4 Å². The number of nitro groups is 1. The van der Waals surface area contributed by atoms with Crippen molar-refractivity contribution in [3.05, 3.63) is 76.6 Å². The summed E-state index contributed by atoms with van der Waals surface area (Å²) in [4.78, 5) is 32.6. The number of piperidine rings is 1. The van der Waals surface area contributed by atoms with Crippen molar-refractivity contribution in [2.75, 3.05) is 28.6 Å². The lowest BCUT2D eigenvalue weighted by Crippen LogP contribution is -2.53.